The molecule has 1 aromatic heterocycles. The summed E-state index contributed by atoms with van der Waals surface area (Å²) in [5, 5.41) is 13.3. The van der Waals surface area contributed by atoms with Crippen LogP contribution in [0.4, 0.5) is 20.6 Å². The third kappa shape index (κ3) is 4.70. The smallest absolute Gasteiger partial charge is 0.323 e. The Hall–Kier alpha value is -4.00. The molecule has 0 saturated heterocycles. The summed E-state index contributed by atoms with van der Waals surface area (Å²) in [7, 11) is 0. The van der Waals surface area contributed by atoms with Gasteiger partial charge in [0, 0.05) is 11.3 Å². The molecule has 150 valence electrons. The molecule has 0 atom stereocenters. The van der Waals surface area contributed by atoms with Crippen molar-refractivity contribution in [1.82, 2.24) is 10.2 Å². The van der Waals surface area contributed by atoms with Crippen LogP contribution in [0.15, 0.2) is 77.2 Å². The van der Waals surface area contributed by atoms with Crippen molar-refractivity contribution in [3.05, 3.63) is 95.6 Å². The van der Waals surface area contributed by atoms with E-state index in [9.17, 15) is 9.18 Å². The van der Waals surface area contributed by atoms with Crippen LogP contribution in [0, 0.1) is 12.7 Å². The van der Waals surface area contributed by atoms with E-state index < -0.39 is 11.8 Å². The maximum atomic E-state index is 13.6. The molecular weight excluding hydrogens is 383 g/mol. The summed E-state index contributed by atoms with van der Waals surface area (Å²) >= 11 is 0. The van der Waals surface area contributed by atoms with Crippen LogP contribution < -0.4 is 10.6 Å². The maximum absolute atomic E-state index is 13.6. The van der Waals surface area contributed by atoms with Crippen LogP contribution in [0.1, 0.15) is 17.0 Å². The van der Waals surface area contributed by atoms with Crippen LogP contribution in [0.3, 0.4) is 0 Å². The molecule has 30 heavy (non-hydrogen) atoms. The Labute approximate surface area is 172 Å². The predicted molar refractivity (Wildman–Crippen MR) is 113 cm³/mol. The normalized spacial score (nSPS) is 10.6. The second-order valence-corrected chi connectivity index (χ2v) is 6.80. The van der Waals surface area contributed by atoms with Crippen molar-refractivity contribution in [2.75, 3.05) is 10.6 Å². The quantitative estimate of drug-likeness (QED) is 0.467. The maximum Gasteiger partial charge on any atom is 0.323 e. The molecule has 0 saturated carbocycles. The first-order valence-electron chi connectivity index (χ1n) is 9.38. The highest BCUT2D eigenvalue weighted by molar-refractivity contribution is 5.99. The number of aromatic nitrogens is 2. The van der Waals surface area contributed by atoms with Crippen molar-refractivity contribution in [3.8, 4) is 11.5 Å². The number of halogens is 1. The Balaban J connectivity index is 1.39. The van der Waals surface area contributed by atoms with Gasteiger partial charge in [-0.25, -0.2) is 9.18 Å². The highest BCUT2D eigenvalue weighted by atomic mass is 19.1. The minimum absolute atomic E-state index is 0.110. The van der Waals surface area contributed by atoms with E-state index in [0.717, 1.165) is 11.1 Å². The molecule has 0 aliphatic carbocycles. The molecule has 6 nitrogen and oxygen atoms in total. The van der Waals surface area contributed by atoms with Crippen molar-refractivity contribution >= 4 is 17.4 Å². The van der Waals surface area contributed by atoms with Crippen molar-refractivity contribution in [1.29, 1.82) is 0 Å². The molecule has 4 rings (SSSR count). The number of anilines is 2. The Morgan fingerprint density at radius 3 is 2.40 bits per heavy atom. The van der Waals surface area contributed by atoms with Gasteiger partial charge < -0.3 is 15.1 Å². The molecule has 0 spiro atoms. The average Bonchev–Trinajstić information content (AvgIpc) is 3.20. The van der Waals surface area contributed by atoms with Crippen molar-refractivity contribution < 1.29 is 13.6 Å². The topological polar surface area (TPSA) is 80.0 Å². The first-order chi connectivity index (χ1) is 14.6. The second kappa shape index (κ2) is 8.57. The number of rotatable bonds is 5. The van der Waals surface area contributed by atoms with Gasteiger partial charge in [-0.1, -0.05) is 42.0 Å². The van der Waals surface area contributed by atoms with Crippen LogP contribution in [0.25, 0.3) is 11.5 Å². The Bertz CT molecular complexity index is 1150. The van der Waals surface area contributed by atoms with Crippen LogP contribution in [0.2, 0.25) is 0 Å². The van der Waals surface area contributed by atoms with Crippen LogP contribution >= 0.6 is 0 Å². The lowest BCUT2D eigenvalue weighted by atomic mass is 10.1. The first-order valence-corrected chi connectivity index (χ1v) is 9.38. The summed E-state index contributed by atoms with van der Waals surface area (Å²) in [6, 6.07) is 20.5. The molecule has 4 aromatic rings. The monoisotopic (exact) mass is 402 g/mol. The third-order valence-electron chi connectivity index (χ3n) is 4.45. The largest absolute Gasteiger partial charge is 0.420 e. The number of carbonyl (C=O) groups is 1. The number of aryl methyl sites for hydroxylation is 1. The summed E-state index contributed by atoms with van der Waals surface area (Å²) in [6.07, 6.45) is 0.559. The molecule has 0 aliphatic heterocycles. The lowest BCUT2D eigenvalue weighted by Crippen LogP contribution is -2.20. The van der Waals surface area contributed by atoms with Crippen molar-refractivity contribution in [2.24, 2.45) is 0 Å². The molecule has 0 aliphatic rings. The molecule has 1 heterocycles. The van der Waals surface area contributed by atoms with Crippen LogP contribution in [-0.2, 0) is 6.42 Å². The summed E-state index contributed by atoms with van der Waals surface area (Å²) in [5.41, 5.74) is 3.68. The number of nitrogens with one attached hydrogen (secondary N) is 2. The molecule has 3 aromatic carbocycles. The second-order valence-electron chi connectivity index (χ2n) is 6.80. The fraction of sp³-hybridized carbons (Fsp3) is 0.0870. The number of nitrogens with zero attached hydrogens (tertiary/aromatic N) is 2. The minimum Gasteiger partial charge on any atom is -0.420 e. The number of urea groups is 1. The minimum atomic E-state index is -0.536. The highest BCUT2D eigenvalue weighted by Crippen LogP contribution is 2.22. The molecule has 7 heteroatoms. The lowest BCUT2D eigenvalue weighted by Gasteiger charge is -2.08. The van der Waals surface area contributed by atoms with E-state index in [1.165, 1.54) is 17.7 Å². The van der Waals surface area contributed by atoms with Gasteiger partial charge in [0.1, 0.15) is 5.82 Å². The van der Waals surface area contributed by atoms with Gasteiger partial charge in [-0.05, 0) is 48.9 Å². The number of para-hydroxylation sites is 1. The van der Waals surface area contributed by atoms with Gasteiger partial charge in [-0.2, -0.15) is 0 Å². The number of carbonyl (C=O) groups excluding carboxylic acids is 1. The van der Waals surface area contributed by atoms with Gasteiger partial charge in [0.2, 0.25) is 11.8 Å². The molecule has 0 unspecified atom stereocenters. The Morgan fingerprint density at radius 1 is 0.933 bits per heavy atom. The van der Waals surface area contributed by atoms with E-state index in [4.69, 9.17) is 4.42 Å². The van der Waals surface area contributed by atoms with E-state index in [-0.39, 0.29) is 5.69 Å². The van der Waals surface area contributed by atoms with Gasteiger partial charge in [0.15, 0.2) is 0 Å². The summed E-state index contributed by atoms with van der Waals surface area (Å²) in [6.45, 7) is 2.04. The van der Waals surface area contributed by atoms with Gasteiger partial charge in [0.25, 0.3) is 0 Å². The zero-order valence-corrected chi connectivity index (χ0v) is 16.2. The highest BCUT2D eigenvalue weighted by Gasteiger charge is 2.10. The van der Waals surface area contributed by atoms with Gasteiger partial charge in [0.05, 0.1) is 12.1 Å². The summed E-state index contributed by atoms with van der Waals surface area (Å²) < 4.78 is 19.4. The number of hydrogen-bond donors (Lipinski definition) is 2. The third-order valence-corrected chi connectivity index (χ3v) is 4.45. The van der Waals surface area contributed by atoms with Crippen molar-refractivity contribution in [3.63, 3.8) is 0 Å². The van der Waals surface area contributed by atoms with E-state index in [1.54, 1.807) is 36.4 Å². The average molecular weight is 402 g/mol. The molecule has 2 amide bonds. The Morgan fingerprint density at radius 2 is 1.67 bits per heavy atom. The van der Waals surface area contributed by atoms with E-state index in [0.29, 0.717) is 23.9 Å². The SMILES string of the molecule is Cc1ccc(Cc2nnc(-c3ccc(NC(=O)Nc4ccccc4F)cc3)o2)cc1. The van der Waals surface area contributed by atoms with Crippen LogP contribution in [0.5, 0.6) is 0 Å². The van der Waals surface area contributed by atoms with Crippen molar-refractivity contribution in [2.45, 2.75) is 13.3 Å². The fourth-order valence-electron chi connectivity index (χ4n) is 2.87. The molecular formula is C23H19FN4O2. The number of benzene rings is 3. The van der Waals surface area contributed by atoms with E-state index in [2.05, 4.69) is 20.8 Å². The Kier molecular flexibility index (Phi) is 5.52. The summed E-state index contributed by atoms with van der Waals surface area (Å²) in [4.78, 5) is 12.1. The lowest BCUT2D eigenvalue weighted by molar-refractivity contribution is 0.262. The fourth-order valence-corrected chi connectivity index (χ4v) is 2.87. The molecule has 2 N–H and O–H groups in total. The van der Waals surface area contributed by atoms with Gasteiger partial charge in [-0.3, -0.25) is 0 Å². The predicted octanol–water partition coefficient (Wildman–Crippen LogP) is 5.42. The molecule has 0 bridgehead atoms. The molecule has 0 fully saturated rings. The number of amides is 2. The van der Waals surface area contributed by atoms with Crippen LogP contribution in [-0.4, -0.2) is 16.2 Å². The van der Waals surface area contributed by atoms with Gasteiger partial charge >= 0.3 is 6.03 Å². The van der Waals surface area contributed by atoms with E-state index >= 15 is 0 Å². The summed E-state index contributed by atoms with van der Waals surface area (Å²) in [5.74, 6) is 0.431. The van der Waals surface area contributed by atoms with Gasteiger partial charge in [-0.15, -0.1) is 10.2 Å². The van der Waals surface area contributed by atoms with E-state index in [1.807, 2.05) is 31.2 Å². The molecule has 0 radical (unpaired) electrons. The zero-order chi connectivity index (χ0) is 20.9. The zero-order valence-electron chi connectivity index (χ0n) is 16.2. The standard InChI is InChI=1S/C23H19FN4O2/c1-15-6-8-16(9-7-15)14-21-27-28-22(30-21)17-10-12-18(13-11-17)25-23(29)26-20-5-3-2-4-19(20)24/h2-13H,14H2,1H3,(H2,25,26,29). The first kappa shape index (κ1) is 19.3. The number of hydrogen-bond acceptors (Lipinski definition) is 4.